The summed E-state index contributed by atoms with van der Waals surface area (Å²) >= 11 is 0. The monoisotopic (exact) mass is 161 g/mol. The van der Waals surface area contributed by atoms with Crippen molar-refractivity contribution >= 4 is 17.8 Å². The van der Waals surface area contributed by atoms with Crippen LogP contribution in [-0.2, 0) is 4.79 Å². The second kappa shape index (κ2) is 2.41. The number of aliphatic imine (C=N–C) groups is 2. The highest BCUT2D eigenvalue weighted by atomic mass is 16.1. The van der Waals surface area contributed by atoms with Gasteiger partial charge in [0.15, 0.2) is 0 Å². The first kappa shape index (κ1) is 6.97. The molecule has 2 rings (SSSR count). The van der Waals surface area contributed by atoms with Crippen molar-refractivity contribution in [1.29, 1.82) is 0 Å². The van der Waals surface area contributed by atoms with Gasteiger partial charge in [-0.05, 0) is 18.2 Å². The number of allylic oxidation sites excluding steroid dienone is 1. The third-order valence-corrected chi connectivity index (χ3v) is 1.68. The molecule has 0 fully saturated rings. The van der Waals surface area contributed by atoms with Crippen LogP contribution in [0.5, 0.6) is 0 Å². The standard InChI is InChI=1S/C8H7N3O/c9-5-1-2-6-7(3-5)10-4-8(12)11-6/h1-4,7H,9H2. The normalized spacial score (nSPS) is 26.3. The van der Waals surface area contributed by atoms with Crippen LogP contribution in [-0.4, -0.2) is 23.9 Å². The van der Waals surface area contributed by atoms with Gasteiger partial charge < -0.3 is 5.73 Å². The SMILES string of the molecule is NC1=CC2N=CC(=O)N=C2C=C1. The molecule has 0 aromatic heterocycles. The molecule has 4 nitrogen and oxygen atoms in total. The molecule has 0 aromatic carbocycles. The van der Waals surface area contributed by atoms with Gasteiger partial charge in [-0.1, -0.05) is 0 Å². The van der Waals surface area contributed by atoms with E-state index in [1.807, 2.05) is 0 Å². The molecule has 60 valence electrons. The Morgan fingerprint density at radius 3 is 3.08 bits per heavy atom. The van der Waals surface area contributed by atoms with Crippen LogP contribution in [0, 0.1) is 0 Å². The molecule has 0 aromatic rings. The molecule has 1 atom stereocenters. The predicted octanol–water partition coefficient (Wildman–Crippen LogP) is -0.181. The lowest BCUT2D eigenvalue weighted by Crippen LogP contribution is -2.25. The average Bonchev–Trinajstić information content (AvgIpc) is 2.05. The van der Waals surface area contributed by atoms with Crippen LogP contribution in [0.3, 0.4) is 0 Å². The van der Waals surface area contributed by atoms with Crippen molar-refractivity contribution in [2.45, 2.75) is 6.04 Å². The first-order chi connectivity index (χ1) is 5.75. The molecule has 1 aliphatic heterocycles. The van der Waals surface area contributed by atoms with Crippen LogP contribution in [0.2, 0.25) is 0 Å². The number of nitrogens with two attached hydrogens (primary N) is 1. The summed E-state index contributed by atoms with van der Waals surface area (Å²) in [6.45, 7) is 0. The van der Waals surface area contributed by atoms with E-state index >= 15 is 0 Å². The van der Waals surface area contributed by atoms with Gasteiger partial charge in [0.1, 0.15) is 6.04 Å². The quantitative estimate of drug-likeness (QED) is 0.535. The van der Waals surface area contributed by atoms with Crippen LogP contribution >= 0.6 is 0 Å². The van der Waals surface area contributed by atoms with Crippen molar-refractivity contribution in [1.82, 2.24) is 0 Å². The van der Waals surface area contributed by atoms with E-state index in [2.05, 4.69) is 9.98 Å². The number of rotatable bonds is 0. The minimum Gasteiger partial charge on any atom is -0.399 e. The Labute approximate surface area is 69.2 Å². The third-order valence-electron chi connectivity index (χ3n) is 1.68. The fourth-order valence-corrected chi connectivity index (χ4v) is 1.13. The number of carbonyl (C=O) groups is 1. The molecule has 0 spiro atoms. The Bertz CT molecular complexity index is 349. The van der Waals surface area contributed by atoms with Crippen LogP contribution < -0.4 is 5.73 Å². The minimum atomic E-state index is -0.306. The maximum atomic E-state index is 10.8. The minimum absolute atomic E-state index is 0.160. The number of fused-ring (bicyclic) bond motifs is 1. The van der Waals surface area contributed by atoms with E-state index < -0.39 is 0 Å². The second-order valence-corrected chi connectivity index (χ2v) is 2.60. The van der Waals surface area contributed by atoms with Gasteiger partial charge in [0.2, 0.25) is 0 Å². The van der Waals surface area contributed by atoms with Crippen LogP contribution in [0.15, 0.2) is 33.9 Å². The molecule has 4 heteroatoms. The van der Waals surface area contributed by atoms with Gasteiger partial charge in [0.05, 0.1) is 11.9 Å². The number of amides is 1. The molecule has 0 bridgehead atoms. The molecule has 0 radical (unpaired) electrons. The number of nitrogens with zero attached hydrogens (tertiary/aromatic N) is 2. The summed E-state index contributed by atoms with van der Waals surface area (Å²) in [6, 6.07) is -0.160. The molecule has 0 saturated heterocycles. The first-order valence-corrected chi connectivity index (χ1v) is 3.57. The summed E-state index contributed by atoms with van der Waals surface area (Å²) < 4.78 is 0. The maximum absolute atomic E-state index is 10.8. The average molecular weight is 161 g/mol. The van der Waals surface area contributed by atoms with E-state index in [-0.39, 0.29) is 11.9 Å². The molecule has 1 amide bonds. The largest absolute Gasteiger partial charge is 0.399 e. The van der Waals surface area contributed by atoms with Crippen molar-refractivity contribution in [2.75, 3.05) is 0 Å². The van der Waals surface area contributed by atoms with E-state index in [0.29, 0.717) is 11.4 Å². The van der Waals surface area contributed by atoms with Gasteiger partial charge in [0.25, 0.3) is 5.91 Å². The van der Waals surface area contributed by atoms with Gasteiger partial charge >= 0.3 is 0 Å². The summed E-state index contributed by atoms with van der Waals surface area (Å²) in [5.41, 5.74) is 6.86. The van der Waals surface area contributed by atoms with Crippen molar-refractivity contribution in [3.63, 3.8) is 0 Å². The maximum Gasteiger partial charge on any atom is 0.288 e. The highest BCUT2D eigenvalue weighted by molar-refractivity contribution is 6.32. The Kier molecular flexibility index (Phi) is 1.40. The van der Waals surface area contributed by atoms with Gasteiger partial charge in [-0.2, -0.15) is 0 Å². The van der Waals surface area contributed by atoms with Gasteiger partial charge in [-0.3, -0.25) is 9.79 Å². The highest BCUT2D eigenvalue weighted by Crippen LogP contribution is 2.10. The van der Waals surface area contributed by atoms with Crippen LogP contribution in [0.4, 0.5) is 0 Å². The van der Waals surface area contributed by atoms with Crippen LogP contribution in [0.1, 0.15) is 0 Å². The Morgan fingerprint density at radius 1 is 1.42 bits per heavy atom. The summed E-state index contributed by atoms with van der Waals surface area (Å²) in [4.78, 5) is 18.5. The summed E-state index contributed by atoms with van der Waals surface area (Å²) in [5.74, 6) is -0.306. The van der Waals surface area contributed by atoms with Gasteiger partial charge in [-0.25, -0.2) is 4.99 Å². The fraction of sp³-hybridized carbons (Fsp3) is 0.125. The molecule has 12 heavy (non-hydrogen) atoms. The predicted molar refractivity (Wildman–Crippen MR) is 46.1 cm³/mol. The molecule has 1 aliphatic carbocycles. The summed E-state index contributed by atoms with van der Waals surface area (Å²) in [7, 11) is 0. The lowest BCUT2D eigenvalue weighted by atomic mass is 10.0. The Hall–Kier alpha value is -1.71. The Balaban J connectivity index is 2.38. The lowest BCUT2D eigenvalue weighted by molar-refractivity contribution is -0.111. The number of hydrogen-bond acceptors (Lipinski definition) is 3. The molecular formula is C8H7N3O. The van der Waals surface area contributed by atoms with Crippen molar-refractivity contribution < 1.29 is 4.79 Å². The zero-order valence-corrected chi connectivity index (χ0v) is 6.27. The molecule has 1 unspecified atom stereocenters. The summed E-state index contributed by atoms with van der Waals surface area (Å²) in [6.07, 6.45) is 6.41. The molecule has 2 N–H and O–H groups in total. The lowest BCUT2D eigenvalue weighted by Gasteiger charge is -2.14. The third kappa shape index (κ3) is 1.07. The molecular weight excluding hydrogens is 154 g/mol. The zero-order chi connectivity index (χ0) is 8.55. The van der Waals surface area contributed by atoms with Crippen molar-refractivity contribution in [2.24, 2.45) is 15.7 Å². The highest BCUT2D eigenvalue weighted by Gasteiger charge is 2.17. The van der Waals surface area contributed by atoms with Crippen LogP contribution in [0.25, 0.3) is 0 Å². The number of hydrogen-bond donors (Lipinski definition) is 1. The van der Waals surface area contributed by atoms with Crippen molar-refractivity contribution in [3.05, 3.63) is 23.9 Å². The summed E-state index contributed by atoms with van der Waals surface area (Å²) in [5, 5.41) is 0. The van der Waals surface area contributed by atoms with E-state index in [1.165, 1.54) is 6.21 Å². The van der Waals surface area contributed by atoms with Gasteiger partial charge in [0, 0.05) is 5.70 Å². The van der Waals surface area contributed by atoms with Crippen molar-refractivity contribution in [3.8, 4) is 0 Å². The number of carbonyl (C=O) groups excluding carboxylic acids is 1. The van der Waals surface area contributed by atoms with E-state index in [4.69, 9.17) is 5.73 Å². The van der Waals surface area contributed by atoms with E-state index in [0.717, 1.165) is 0 Å². The Morgan fingerprint density at radius 2 is 2.25 bits per heavy atom. The van der Waals surface area contributed by atoms with E-state index in [1.54, 1.807) is 18.2 Å². The van der Waals surface area contributed by atoms with E-state index in [9.17, 15) is 4.79 Å². The smallest absolute Gasteiger partial charge is 0.288 e. The molecule has 1 heterocycles. The zero-order valence-electron chi connectivity index (χ0n) is 6.27. The molecule has 0 saturated carbocycles. The first-order valence-electron chi connectivity index (χ1n) is 3.57. The fourth-order valence-electron chi connectivity index (χ4n) is 1.13. The second-order valence-electron chi connectivity index (χ2n) is 2.60. The topological polar surface area (TPSA) is 67.8 Å². The van der Waals surface area contributed by atoms with Gasteiger partial charge in [-0.15, -0.1) is 0 Å². The molecule has 2 aliphatic rings.